The molecular formula is C30H29F2N7O2S. The minimum Gasteiger partial charge on any atom is -0.472 e. The molecule has 6 heterocycles. The van der Waals surface area contributed by atoms with Crippen molar-refractivity contribution >= 4 is 43.4 Å². The van der Waals surface area contributed by atoms with Crippen LogP contribution >= 0.6 is 11.3 Å². The molecule has 42 heavy (non-hydrogen) atoms. The van der Waals surface area contributed by atoms with E-state index < -0.39 is 11.6 Å². The van der Waals surface area contributed by atoms with Gasteiger partial charge in [0, 0.05) is 35.2 Å². The van der Waals surface area contributed by atoms with Crippen molar-refractivity contribution in [1.29, 1.82) is 0 Å². The summed E-state index contributed by atoms with van der Waals surface area (Å²) in [6.45, 7) is 4.15. The molecule has 12 heteroatoms. The first-order valence-electron chi connectivity index (χ1n) is 14.3. The summed E-state index contributed by atoms with van der Waals surface area (Å²) < 4.78 is 43.7. The second kappa shape index (κ2) is 9.85. The summed E-state index contributed by atoms with van der Waals surface area (Å²) in [5.41, 5.74) is 8.23. The average Bonchev–Trinajstić information content (AvgIpc) is 3.75. The van der Waals surface area contributed by atoms with Gasteiger partial charge in [-0.2, -0.15) is 9.97 Å². The number of anilines is 2. The molecule has 9 nitrogen and oxygen atoms in total. The second-order valence-corrected chi connectivity index (χ2v) is 12.4. The Hall–Kier alpha value is -3.87. The molecule has 2 aromatic carbocycles. The third-order valence-electron chi connectivity index (χ3n) is 8.93. The minimum atomic E-state index is -0.577. The average molecular weight is 590 g/mol. The zero-order valence-corrected chi connectivity index (χ0v) is 23.6. The molecule has 3 aromatic heterocycles. The Morgan fingerprint density at radius 3 is 2.67 bits per heavy atom. The first kappa shape index (κ1) is 25.8. The number of nitrogens with zero attached hydrogens (tertiary/aromatic N) is 4. The Balaban J connectivity index is 1.32. The van der Waals surface area contributed by atoms with Crippen molar-refractivity contribution in [2.45, 2.75) is 37.3 Å². The van der Waals surface area contributed by atoms with E-state index in [0.29, 0.717) is 40.0 Å². The number of nitrogens with one attached hydrogen (secondary N) is 2. The van der Waals surface area contributed by atoms with Crippen LogP contribution < -0.4 is 21.1 Å². The molecule has 0 aliphatic carbocycles. The van der Waals surface area contributed by atoms with Gasteiger partial charge >= 0.3 is 6.01 Å². The third-order valence-corrected chi connectivity index (χ3v) is 9.82. The van der Waals surface area contributed by atoms with Crippen LogP contribution in [0.15, 0.2) is 41.2 Å². The molecule has 3 aliphatic heterocycles. The number of hydrogen-bond donors (Lipinski definition) is 3. The lowest BCUT2D eigenvalue weighted by Crippen LogP contribution is -2.51. The molecule has 0 amide bonds. The van der Waals surface area contributed by atoms with E-state index in [4.69, 9.17) is 19.9 Å². The van der Waals surface area contributed by atoms with Gasteiger partial charge in [-0.15, -0.1) is 0 Å². The van der Waals surface area contributed by atoms with E-state index in [-0.39, 0.29) is 38.5 Å². The predicted molar refractivity (Wildman–Crippen MR) is 159 cm³/mol. The Kier molecular flexibility index (Phi) is 6.06. The lowest BCUT2D eigenvalue weighted by atomic mass is 9.92. The van der Waals surface area contributed by atoms with Gasteiger partial charge in [-0.05, 0) is 68.6 Å². The molecule has 0 unspecified atom stereocenters. The Bertz CT molecular complexity index is 1810. The van der Waals surface area contributed by atoms with Crippen molar-refractivity contribution in [2.75, 3.05) is 43.8 Å². The van der Waals surface area contributed by atoms with Crippen molar-refractivity contribution in [1.82, 2.24) is 25.2 Å². The topological polar surface area (TPSA) is 114 Å². The number of halogens is 2. The van der Waals surface area contributed by atoms with Crippen LogP contribution in [0, 0.1) is 11.6 Å². The molecule has 0 bridgehead atoms. The van der Waals surface area contributed by atoms with Crippen molar-refractivity contribution in [2.24, 2.45) is 0 Å². The fraction of sp³-hybridized carbons (Fsp3) is 0.367. The second-order valence-electron chi connectivity index (χ2n) is 11.4. The van der Waals surface area contributed by atoms with Crippen LogP contribution in [0.2, 0.25) is 0 Å². The van der Waals surface area contributed by atoms with E-state index in [0.717, 1.165) is 63.2 Å². The van der Waals surface area contributed by atoms with Crippen molar-refractivity contribution < 1.29 is 17.9 Å². The van der Waals surface area contributed by atoms with E-state index in [1.54, 1.807) is 12.3 Å². The summed E-state index contributed by atoms with van der Waals surface area (Å²) in [5.74, 6) is -0.530. The van der Waals surface area contributed by atoms with E-state index in [1.165, 1.54) is 18.4 Å². The largest absolute Gasteiger partial charge is 0.472 e. The Morgan fingerprint density at radius 1 is 1.10 bits per heavy atom. The van der Waals surface area contributed by atoms with Crippen LogP contribution in [0.1, 0.15) is 25.7 Å². The van der Waals surface area contributed by atoms with Gasteiger partial charge in [0.2, 0.25) is 0 Å². The first-order valence-corrected chi connectivity index (χ1v) is 15.1. The highest BCUT2D eigenvalue weighted by atomic mass is 32.1. The monoisotopic (exact) mass is 589 g/mol. The molecule has 3 fully saturated rings. The fourth-order valence-electron chi connectivity index (χ4n) is 6.73. The van der Waals surface area contributed by atoms with Crippen LogP contribution in [0.3, 0.4) is 0 Å². The van der Waals surface area contributed by atoms with Gasteiger partial charge in [0.15, 0.2) is 10.9 Å². The lowest BCUT2D eigenvalue weighted by Gasteiger charge is -2.31. The highest BCUT2D eigenvalue weighted by molar-refractivity contribution is 7.22. The van der Waals surface area contributed by atoms with E-state index in [2.05, 4.69) is 25.5 Å². The number of benzene rings is 2. The Labute approximate surface area is 244 Å². The molecule has 5 aromatic rings. The van der Waals surface area contributed by atoms with Gasteiger partial charge in [0.05, 0.1) is 34.3 Å². The van der Waals surface area contributed by atoms with Crippen molar-refractivity contribution in [3.63, 3.8) is 0 Å². The summed E-state index contributed by atoms with van der Waals surface area (Å²) >= 11 is 1.03. The maximum absolute atomic E-state index is 17.0. The molecule has 4 N–H and O–H groups in total. The first-order chi connectivity index (χ1) is 20.5. The van der Waals surface area contributed by atoms with Crippen molar-refractivity contribution in [3.8, 4) is 28.3 Å². The summed E-state index contributed by atoms with van der Waals surface area (Å²) in [4.78, 5) is 16.3. The smallest absolute Gasteiger partial charge is 0.319 e. The van der Waals surface area contributed by atoms with Crippen molar-refractivity contribution in [3.05, 3.63) is 48.4 Å². The number of nitrogen functional groups attached to an aromatic ring is 1. The molecule has 0 atom stereocenters. The molecule has 0 saturated carbocycles. The van der Waals surface area contributed by atoms with Gasteiger partial charge in [0.25, 0.3) is 0 Å². The normalized spacial score (nSPS) is 18.5. The predicted octanol–water partition coefficient (Wildman–Crippen LogP) is 5.42. The van der Waals surface area contributed by atoms with Crippen LogP contribution in [0.4, 0.5) is 19.7 Å². The number of rotatable bonds is 7. The van der Waals surface area contributed by atoms with Gasteiger partial charge < -0.3 is 25.5 Å². The number of nitrogens with two attached hydrogens (primary N) is 1. The van der Waals surface area contributed by atoms with E-state index in [9.17, 15) is 4.39 Å². The maximum atomic E-state index is 17.0. The molecule has 8 rings (SSSR count). The quantitative estimate of drug-likeness (QED) is 0.229. The number of ether oxygens (including phenoxy) is 1. The highest BCUT2D eigenvalue weighted by Crippen LogP contribution is 2.44. The molecule has 3 saturated heterocycles. The Morgan fingerprint density at radius 2 is 1.93 bits per heavy atom. The molecule has 3 aliphatic rings. The third kappa shape index (κ3) is 4.11. The molecule has 0 spiro atoms. The molecular weight excluding hydrogens is 560 g/mol. The van der Waals surface area contributed by atoms with Gasteiger partial charge in [-0.3, -0.25) is 4.90 Å². The standard InChI is InChI=1S/C30H29F2N7O2S/c31-21-4-3-18(25-26(21)42-28(33)36-25)22-19(16-5-10-40-14-16)11-20-24(23(22)32)37-29(38-27(20)35-17-12-34-13-17)41-15-30-6-1-8-39(30)9-2-7-30/h3-5,10-11,14,17,34H,1-2,6-9,12-13,15H2,(H2,33,36)(H,35,37,38). The zero-order chi connectivity index (χ0) is 28.4. The summed E-state index contributed by atoms with van der Waals surface area (Å²) in [6, 6.07) is 6.75. The van der Waals surface area contributed by atoms with Gasteiger partial charge in [-0.25, -0.2) is 13.8 Å². The van der Waals surface area contributed by atoms with Crippen LogP contribution in [-0.4, -0.2) is 64.2 Å². The van der Waals surface area contributed by atoms with E-state index in [1.807, 2.05) is 6.07 Å². The lowest BCUT2D eigenvalue weighted by molar-refractivity contribution is 0.108. The summed E-state index contributed by atoms with van der Waals surface area (Å²) in [7, 11) is 0. The maximum Gasteiger partial charge on any atom is 0.319 e. The SMILES string of the molecule is Nc1nc2c(-c3c(-c4ccoc4)cc4c(NC5CNC5)nc(OCC56CCCN5CCC6)nc4c3F)ccc(F)c2s1. The number of aromatic nitrogens is 3. The fourth-order valence-corrected chi connectivity index (χ4v) is 7.49. The van der Waals surface area contributed by atoms with Gasteiger partial charge in [-0.1, -0.05) is 11.3 Å². The summed E-state index contributed by atoms with van der Waals surface area (Å²) in [5, 5.41) is 7.44. The van der Waals surface area contributed by atoms with E-state index >= 15 is 4.39 Å². The minimum absolute atomic E-state index is 0.0110. The molecule has 216 valence electrons. The number of fused-ring (bicyclic) bond motifs is 3. The van der Waals surface area contributed by atoms with Crippen LogP contribution in [0.5, 0.6) is 6.01 Å². The van der Waals surface area contributed by atoms with Gasteiger partial charge in [0.1, 0.15) is 23.8 Å². The zero-order valence-electron chi connectivity index (χ0n) is 22.8. The highest BCUT2D eigenvalue weighted by Gasteiger charge is 2.45. The summed E-state index contributed by atoms with van der Waals surface area (Å²) in [6.07, 6.45) is 7.52. The number of furan rings is 1. The number of thiazole rings is 1. The number of hydrogen-bond acceptors (Lipinski definition) is 10. The van der Waals surface area contributed by atoms with Crippen LogP contribution in [0.25, 0.3) is 43.4 Å². The molecule has 0 radical (unpaired) electrons. The van der Waals surface area contributed by atoms with Crippen LogP contribution in [-0.2, 0) is 0 Å².